The summed E-state index contributed by atoms with van der Waals surface area (Å²) in [5, 5.41) is 0. The molecule has 1 unspecified atom stereocenters. The molecule has 0 heterocycles. The quantitative estimate of drug-likeness (QED) is 0.626. The molecule has 0 aliphatic carbocycles. The molecule has 0 radical (unpaired) electrons. The van der Waals surface area contributed by atoms with Crippen LogP contribution in [0.4, 0.5) is 0 Å². The SMILES string of the molecule is CCO[Si](C)(CC)CCCN. The predicted octanol–water partition coefficient (Wildman–Crippen LogP) is 1.97. The van der Waals surface area contributed by atoms with Crippen LogP contribution in [-0.2, 0) is 4.43 Å². The van der Waals surface area contributed by atoms with E-state index in [1.54, 1.807) is 0 Å². The van der Waals surface area contributed by atoms with Crippen molar-refractivity contribution in [2.45, 2.75) is 38.9 Å². The molecule has 0 spiro atoms. The van der Waals surface area contributed by atoms with Crippen LogP contribution in [0.5, 0.6) is 0 Å². The summed E-state index contributed by atoms with van der Waals surface area (Å²) in [6.07, 6.45) is 1.12. The second kappa shape index (κ2) is 5.74. The highest BCUT2D eigenvalue weighted by Gasteiger charge is 2.24. The van der Waals surface area contributed by atoms with Crippen molar-refractivity contribution in [1.82, 2.24) is 0 Å². The number of hydrogen-bond acceptors (Lipinski definition) is 2. The van der Waals surface area contributed by atoms with E-state index in [0.717, 1.165) is 19.6 Å². The van der Waals surface area contributed by atoms with E-state index in [-0.39, 0.29) is 0 Å². The average molecular weight is 175 g/mol. The van der Waals surface area contributed by atoms with Gasteiger partial charge in [0.05, 0.1) is 0 Å². The molecule has 0 bridgehead atoms. The Hall–Kier alpha value is 0.137. The minimum Gasteiger partial charge on any atom is -0.417 e. The number of rotatable bonds is 6. The van der Waals surface area contributed by atoms with E-state index in [0.29, 0.717) is 0 Å². The fourth-order valence-electron chi connectivity index (χ4n) is 1.18. The van der Waals surface area contributed by atoms with Gasteiger partial charge in [-0.25, -0.2) is 0 Å². The van der Waals surface area contributed by atoms with Crippen molar-refractivity contribution < 1.29 is 4.43 Å². The van der Waals surface area contributed by atoms with Crippen LogP contribution in [0.1, 0.15) is 20.3 Å². The fourth-order valence-corrected chi connectivity index (χ4v) is 3.53. The van der Waals surface area contributed by atoms with E-state index >= 15 is 0 Å². The second-order valence-electron chi connectivity index (χ2n) is 3.13. The lowest BCUT2D eigenvalue weighted by Crippen LogP contribution is -2.33. The highest BCUT2D eigenvalue weighted by Crippen LogP contribution is 2.17. The summed E-state index contributed by atoms with van der Waals surface area (Å²) < 4.78 is 5.76. The van der Waals surface area contributed by atoms with E-state index in [1.165, 1.54) is 12.1 Å². The minimum atomic E-state index is -1.32. The Balaban J connectivity index is 3.68. The first-order valence-electron chi connectivity index (χ1n) is 4.52. The van der Waals surface area contributed by atoms with Gasteiger partial charge in [0.1, 0.15) is 0 Å². The zero-order valence-electron chi connectivity index (χ0n) is 8.02. The topological polar surface area (TPSA) is 35.2 Å². The molecule has 68 valence electrons. The van der Waals surface area contributed by atoms with Crippen molar-refractivity contribution in [2.24, 2.45) is 5.73 Å². The first-order valence-corrected chi connectivity index (χ1v) is 7.34. The summed E-state index contributed by atoms with van der Waals surface area (Å²) >= 11 is 0. The zero-order chi connectivity index (χ0) is 8.74. The molecule has 0 fully saturated rings. The van der Waals surface area contributed by atoms with Crippen LogP contribution in [0.2, 0.25) is 18.6 Å². The van der Waals surface area contributed by atoms with Gasteiger partial charge in [0, 0.05) is 6.61 Å². The van der Waals surface area contributed by atoms with Crippen LogP contribution in [0.3, 0.4) is 0 Å². The minimum absolute atomic E-state index is 0.801. The maximum absolute atomic E-state index is 5.76. The van der Waals surface area contributed by atoms with Gasteiger partial charge in [-0.3, -0.25) is 0 Å². The van der Waals surface area contributed by atoms with Gasteiger partial charge in [0.15, 0.2) is 8.32 Å². The molecule has 0 aliphatic rings. The van der Waals surface area contributed by atoms with Crippen LogP contribution in [0, 0.1) is 0 Å². The van der Waals surface area contributed by atoms with Gasteiger partial charge in [-0.05, 0) is 38.5 Å². The molecule has 0 aromatic rings. The second-order valence-corrected chi connectivity index (χ2v) is 7.52. The predicted molar refractivity (Wildman–Crippen MR) is 52.2 cm³/mol. The van der Waals surface area contributed by atoms with Gasteiger partial charge in [-0.2, -0.15) is 0 Å². The van der Waals surface area contributed by atoms with Crippen molar-refractivity contribution in [3.63, 3.8) is 0 Å². The Morgan fingerprint density at radius 3 is 2.36 bits per heavy atom. The molecule has 0 saturated heterocycles. The lowest BCUT2D eigenvalue weighted by molar-refractivity contribution is 0.323. The summed E-state index contributed by atoms with van der Waals surface area (Å²) in [5.41, 5.74) is 5.45. The van der Waals surface area contributed by atoms with Crippen molar-refractivity contribution in [3.05, 3.63) is 0 Å². The van der Waals surface area contributed by atoms with Crippen LogP contribution in [0.15, 0.2) is 0 Å². The largest absolute Gasteiger partial charge is 0.417 e. The Labute approximate surface area is 71.3 Å². The summed E-state index contributed by atoms with van der Waals surface area (Å²) in [6.45, 7) is 8.25. The Kier molecular flexibility index (Phi) is 5.82. The molecular formula is C8H21NOSi. The van der Waals surface area contributed by atoms with Crippen molar-refractivity contribution >= 4 is 8.32 Å². The van der Waals surface area contributed by atoms with Gasteiger partial charge < -0.3 is 10.2 Å². The van der Waals surface area contributed by atoms with Crippen molar-refractivity contribution in [1.29, 1.82) is 0 Å². The van der Waals surface area contributed by atoms with Crippen molar-refractivity contribution in [3.8, 4) is 0 Å². The Bertz CT molecular complexity index is 100. The van der Waals surface area contributed by atoms with Gasteiger partial charge >= 0.3 is 0 Å². The lowest BCUT2D eigenvalue weighted by atomic mass is 10.5. The van der Waals surface area contributed by atoms with E-state index in [4.69, 9.17) is 10.2 Å². The third-order valence-electron chi connectivity index (χ3n) is 2.15. The lowest BCUT2D eigenvalue weighted by Gasteiger charge is -2.24. The van der Waals surface area contributed by atoms with Crippen LogP contribution >= 0.6 is 0 Å². The summed E-state index contributed by atoms with van der Waals surface area (Å²) in [4.78, 5) is 0. The molecule has 1 atom stereocenters. The number of nitrogens with two attached hydrogens (primary N) is 1. The molecule has 11 heavy (non-hydrogen) atoms. The van der Waals surface area contributed by atoms with Crippen molar-refractivity contribution in [2.75, 3.05) is 13.2 Å². The van der Waals surface area contributed by atoms with Gasteiger partial charge in [0.25, 0.3) is 0 Å². The normalized spacial score (nSPS) is 16.4. The molecular weight excluding hydrogens is 154 g/mol. The van der Waals surface area contributed by atoms with E-state index in [1.807, 2.05) is 0 Å². The number of hydrogen-bond donors (Lipinski definition) is 1. The Morgan fingerprint density at radius 1 is 1.36 bits per heavy atom. The monoisotopic (exact) mass is 175 g/mol. The highest BCUT2D eigenvalue weighted by molar-refractivity contribution is 6.72. The summed E-state index contributed by atoms with van der Waals surface area (Å²) in [5.74, 6) is 0. The molecule has 2 N–H and O–H groups in total. The molecule has 3 heteroatoms. The third kappa shape index (κ3) is 4.56. The molecule has 0 rings (SSSR count). The van der Waals surface area contributed by atoms with E-state index in [2.05, 4.69) is 20.4 Å². The Morgan fingerprint density at radius 2 is 2.00 bits per heavy atom. The third-order valence-corrected chi connectivity index (χ3v) is 6.04. The maximum atomic E-state index is 5.76. The molecule has 0 saturated carbocycles. The molecule has 0 aromatic heterocycles. The molecule has 0 aromatic carbocycles. The standard InChI is InChI=1S/C8H21NOSi/c1-4-10-11(3,5-2)8-6-7-9/h4-9H2,1-3H3. The smallest absolute Gasteiger partial charge is 0.189 e. The van der Waals surface area contributed by atoms with Gasteiger partial charge in [-0.15, -0.1) is 0 Å². The summed E-state index contributed by atoms with van der Waals surface area (Å²) in [6, 6.07) is 2.43. The average Bonchev–Trinajstić information content (AvgIpc) is 2.02. The zero-order valence-corrected chi connectivity index (χ0v) is 9.02. The molecule has 0 amide bonds. The molecule has 0 aliphatic heterocycles. The molecule has 2 nitrogen and oxygen atoms in total. The van der Waals surface area contributed by atoms with Crippen LogP contribution in [-0.4, -0.2) is 21.5 Å². The van der Waals surface area contributed by atoms with E-state index < -0.39 is 8.32 Å². The van der Waals surface area contributed by atoms with Crippen LogP contribution in [0.25, 0.3) is 0 Å². The van der Waals surface area contributed by atoms with Crippen LogP contribution < -0.4 is 5.73 Å². The summed E-state index contributed by atoms with van der Waals surface area (Å²) in [7, 11) is -1.32. The first-order chi connectivity index (χ1) is 5.18. The maximum Gasteiger partial charge on any atom is 0.189 e. The van der Waals surface area contributed by atoms with Gasteiger partial charge in [-0.1, -0.05) is 6.92 Å². The first kappa shape index (κ1) is 11.1. The van der Waals surface area contributed by atoms with E-state index in [9.17, 15) is 0 Å². The fraction of sp³-hybridized carbons (Fsp3) is 1.00. The highest BCUT2D eigenvalue weighted by atomic mass is 28.4. The van der Waals surface area contributed by atoms with Gasteiger partial charge in [0.2, 0.25) is 0 Å².